The molecule has 0 bridgehead atoms. The number of rotatable bonds is 4. The summed E-state index contributed by atoms with van der Waals surface area (Å²) in [6.07, 6.45) is -4.12. The number of carbonyl (C=O) groups is 1. The number of carbonyl (C=O) groups excluding carboxylic acids is 1. The Balaban J connectivity index is 1.41. The Labute approximate surface area is 176 Å². The lowest BCUT2D eigenvalue weighted by Crippen LogP contribution is -2.41. The molecule has 164 valence electrons. The Bertz CT molecular complexity index is 1180. The Kier molecular flexibility index (Phi) is 5.48. The van der Waals surface area contributed by atoms with E-state index in [-0.39, 0.29) is 31.8 Å². The highest BCUT2D eigenvalue weighted by Gasteiger charge is 2.35. The quantitative estimate of drug-likeness (QED) is 0.632. The van der Waals surface area contributed by atoms with Gasteiger partial charge in [0.05, 0.1) is 21.5 Å². The van der Waals surface area contributed by atoms with Crippen molar-refractivity contribution in [2.75, 3.05) is 18.4 Å². The van der Waals surface area contributed by atoms with E-state index in [9.17, 15) is 26.4 Å². The van der Waals surface area contributed by atoms with E-state index >= 15 is 0 Å². The van der Waals surface area contributed by atoms with Gasteiger partial charge in [-0.15, -0.1) is 0 Å². The van der Waals surface area contributed by atoms with Gasteiger partial charge in [0.25, 0.3) is 0 Å². The molecule has 1 aliphatic heterocycles. The fourth-order valence-electron chi connectivity index (χ4n) is 3.57. The van der Waals surface area contributed by atoms with Crippen LogP contribution in [0, 0.1) is 5.92 Å². The van der Waals surface area contributed by atoms with E-state index < -0.39 is 32.6 Å². The van der Waals surface area contributed by atoms with Gasteiger partial charge in [-0.25, -0.2) is 13.4 Å². The van der Waals surface area contributed by atoms with E-state index in [0.717, 1.165) is 28.0 Å². The summed E-state index contributed by atoms with van der Waals surface area (Å²) >= 11 is 0. The van der Waals surface area contributed by atoms with E-state index in [1.54, 1.807) is 6.07 Å². The summed E-state index contributed by atoms with van der Waals surface area (Å²) in [7, 11) is -4.09. The van der Waals surface area contributed by atoms with Gasteiger partial charge in [-0.3, -0.25) is 10.1 Å². The number of hydrogen-bond acceptors (Lipinski definition) is 4. The van der Waals surface area contributed by atoms with E-state index in [0.29, 0.717) is 17.5 Å². The first-order valence-electron chi connectivity index (χ1n) is 9.57. The molecular weight excluding hydrogens is 433 g/mol. The van der Waals surface area contributed by atoms with Crippen LogP contribution in [0.2, 0.25) is 0 Å². The number of aromatic amines is 1. The normalized spacial score (nSPS) is 16.5. The average molecular weight is 452 g/mol. The molecule has 2 heterocycles. The van der Waals surface area contributed by atoms with Crippen molar-refractivity contribution in [3.05, 3.63) is 54.1 Å². The number of nitrogens with zero attached hydrogens (tertiary/aromatic N) is 2. The number of benzene rings is 2. The molecule has 2 N–H and O–H groups in total. The highest BCUT2D eigenvalue weighted by molar-refractivity contribution is 7.89. The van der Waals surface area contributed by atoms with Crippen molar-refractivity contribution >= 4 is 32.9 Å². The van der Waals surface area contributed by atoms with Gasteiger partial charge in [0.1, 0.15) is 0 Å². The summed E-state index contributed by atoms with van der Waals surface area (Å²) in [5.41, 5.74) is 0.466. The molecule has 1 aromatic heterocycles. The molecule has 0 spiro atoms. The second-order valence-corrected chi connectivity index (χ2v) is 9.23. The predicted molar refractivity (Wildman–Crippen MR) is 108 cm³/mol. The van der Waals surface area contributed by atoms with Gasteiger partial charge in [0.15, 0.2) is 0 Å². The summed E-state index contributed by atoms with van der Waals surface area (Å²) in [6, 6.07) is 11.0. The number of aromatic nitrogens is 2. The SMILES string of the molecule is O=C(Nc1nc2ccccc2[nH]1)C1CCN(S(=O)(=O)c2cccc(C(F)(F)F)c2)CC1. The van der Waals surface area contributed by atoms with Crippen LogP contribution in [0.5, 0.6) is 0 Å². The molecular formula is C20H19F3N4O3S. The summed E-state index contributed by atoms with van der Waals surface area (Å²) < 4.78 is 65.4. The zero-order valence-electron chi connectivity index (χ0n) is 16.2. The Morgan fingerprint density at radius 3 is 2.48 bits per heavy atom. The van der Waals surface area contributed by atoms with Crippen molar-refractivity contribution in [3.63, 3.8) is 0 Å². The number of para-hydroxylation sites is 2. The van der Waals surface area contributed by atoms with Crippen molar-refractivity contribution in [1.82, 2.24) is 14.3 Å². The number of imidazole rings is 1. The number of H-pyrrole nitrogens is 1. The van der Waals surface area contributed by atoms with Gasteiger partial charge >= 0.3 is 6.18 Å². The second-order valence-electron chi connectivity index (χ2n) is 7.30. The fraction of sp³-hybridized carbons (Fsp3) is 0.300. The van der Waals surface area contributed by atoms with E-state index in [1.807, 2.05) is 18.2 Å². The minimum Gasteiger partial charge on any atom is -0.324 e. The number of fused-ring (bicyclic) bond motifs is 1. The number of piperidine rings is 1. The topological polar surface area (TPSA) is 95.2 Å². The van der Waals surface area contributed by atoms with Crippen molar-refractivity contribution in [2.45, 2.75) is 23.9 Å². The zero-order valence-corrected chi connectivity index (χ0v) is 17.0. The van der Waals surface area contributed by atoms with Crippen LogP contribution in [0.15, 0.2) is 53.4 Å². The van der Waals surface area contributed by atoms with Gasteiger partial charge in [-0.2, -0.15) is 17.5 Å². The highest BCUT2D eigenvalue weighted by atomic mass is 32.2. The third-order valence-corrected chi connectivity index (χ3v) is 7.15. The van der Waals surface area contributed by atoms with Crippen LogP contribution in [0.25, 0.3) is 11.0 Å². The molecule has 2 aromatic carbocycles. The second kappa shape index (κ2) is 7.97. The molecule has 3 aromatic rings. The molecule has 11 heteroatoms. The van der Waals surface area contributed by atoms with Gasteiger partial charge in [0.2, 0.25) is 21.9 Å². The fourth-order valence-corrected chi connectivity index (χ4v) is 5.09. The molecule has 1 saturated heterocycles. The molecule has 0 radical (unpaired) electrons. The predicted octanol–water partition coefficient (Wildman–Crippen LogP) is 3.62. The molecule has 7 nitrogen and oxygen atoms in total. The Morgan fingerprint density at radius 1 is 1.10 bits per heavy atom. The van der Waals surface area contributed by atoms with Crippen molar-refractivity contribution in [3.8, 4) is 0 Å². The van der Waals surface area contributed by atoms with Crippen LogP contribution in [0.1, 0.15) is 18.4 Å². The van der Waals surface area contributed by atoms with E-state index in [1.165, 1.54) is 0 Å². The third kappa shape index (κ3) is 4.42. The first-order chi connectivity index (χ1) is 14.6. The molecule has 1 fully saturated rings. The first-order valence-corrected chi connectivity index (χ1v) is 11.0. The number of anilines is 1. The number of alkyl halides is 3. The number of halogens is 3. The van der Waals surface area contributed by atoms with Gasteiger partial charge < -0.3 is 4.98 Å². The Hall–Kier alpha value is -2.92. The van der Waals surface area contributed by atoms with Crippen LogP contribution >= 0.6 is 0 Å². The molecule has 0 saturated carbocycles. The maximum atomic E-state index is 12.9. The standard InChI is InChI=1S/C20H19F3N4O3S/c21-20(22,23)14-4-3-5-15(12-14)31(29,30)27-10-8-13(9-11-27)18(28)26-19-24-16-6-1-2-7-17(16)25-19/h1-7,12-13H,8-11H2,(H2,24,25,26,28). The summed E-state index contributed by atoms with van der Waals surface area (Å²) in [6.45, 7) is 0.0770. The number of amides is 1. The van der Waals surface area contributed by atoms with Crippen molar-refractivity contribution < 1.29 is 26.4 Å². The van der Waals surface area contributed by atoms with Crippen LogP contribution in [0.4, 0.5) is 19.1 Å². The van der Waals surface area contributed by atoms with Crippen LogP contribution < -0.4 is 5.32 Å². The maximum absolute atomic E-state index is 12.9. The first kappa shape index (κ1) is 21.3. The molecule has 0 aliphatic carbocycles. The van der Waals surface area contributed by atoms with E-state index in [4.69, 9.17) is 0 Å². The molecule has 4 rings (SSSR count). The monoisotopic (exact) mass is 452 g/mol. The summed E-state index contributed by atoms with van der Waals surface area (Å²) in [5, 5.41) is 2.71. The van der Waals surface area contributed by atoms with Crippen molar-refractivity contribution in [2.24, 2.45) is 5.92 Å². The molecule has 1 aliphatic rings. The maximum Gasteiger partial charge on any atom is 0.416 e. The largest absolute Gasteiger partial charge is 0.416 e. The van der Waals surface area contributed by atoms with Gasteiger partial charge in [-0.1, -0.05) is 18.2 Å². The van der Waals surface area contributed by atoms with Crippen molar-refractivity contribution in [1.29, 1.82) is 0 Å². The molecule has 31 heavy (non-hydrogen) atoms. The molecule has 0 atom stereocenters. The van der Waals surface area contributed by atoms with Gasteiger partial charge in [0, 0.05) is 19.0 Å². The minimum atomic E-state index is -4.63. The van der Waals surface area contributed by atoms with Crippen LogP contribution in [-0.2, 0) is 21.0 Å². The summed E-state index contributed by atoms with van der Waals surface area (Å²) in [4.78, 5) is 19.4. The molecule has 1 amide bonds. The molecule has 0 unspecified atom stereocenters. The number of nitrogens with one attached hydrogen (secondary N) is 2. The lowest BCUT2D eigenvalue weighted by molar-refractivity contribution is -0.137. The minimum absolute atomic E-state index is 0.0385. The van der Waals surface area contributed by atoms with Crippen LogP contribution in [0.3, 0.4) is 0 Å². The van der Waals surface area contributed by atoms with E-state index in [2.05, 4.69) is 15.3 Å². The Morgan fingerprint density at radius 2 is 1.81 bits per heavy atom. The van der Waals surface area contributed by atoms with Crippen LogP contribution in [-0.4, -0.2) is 41.7 Å². The van der Waals surface area contributed by atoms with Gasteiger partial charge in [-0.05, 0) is 43.2 Å². The number of hydrogen-bond donors (Lipinski definition) is 2. The summed E-state index contributed by atoms with van der Waals surface area (Å²) in [5.74, 6) is -0.401. The average Bonchev–Trinajstić information content (AvgIpc) is 3.15. The third-order valence-electron chi connectivity index (χ3n) is 5.25. The lowest BCUT2D eigenvalue weighted by atomic mass is 9.97. The lowest BCUT2D eigenvalue weighted by Gasteiger charge is -2.30. The zero-order chi connectivity index (χ0) is 22.2. The highest BCUT2D eigenvalue weighted by Crippen LogP contribution is 2.32. The number of sulfonamides is 1. The smallest absolute Gasteiger partial charge is 0.324 e.